The van der Waals surface area contributed by atoms with E-state index in [9.17, 15) is 0 Å². The Hall–Kier alpha value is 0.650. The van der Waals surface area contributed by atoms with Crippen molar-refractivity contribution in [2.45, 2.75) is 32.2 Å². The first-order valence-corrected chi connectivity index (χ1v) is 5.33. The van der Waals surface area contributed by atoms with Gasteiger partial charge in [0.1, 0.15) is 0 Å². The van der Waals surface area contributed by atoms with Gasteiger partial charge in [-0.3, -0.25) is 11.3 Å². The number of hydrogen-bond acceptors (Lipinski definition) is 2. The largest absolute Gasteiger partial charge is 0.271 e. The molecule has 3 heteroatoms. The van der Waals surface area contributed by atoms with E-state index in [1.165, 1.54) is 23.7 Å². The number of hydrazine groups is 1. The van der Waals surface area contributed by atoms with Crippen LogP contribution in [-0.2, 0) is 0 Å². The average Bonchev–Trinajstić information content (AvgIpc) is 2.65. The van der Waals surface area contributed by atoms with Crippen molar-refractivity contribution in [3.63, 3.8) is 0 Å². The predicted octanol–water partition coefficient (Wildman–Crippen LogP) is 1.44. The number of nitrogens with two attached hydrogens (primary N) is 1. The second kappa shape index (κ2) is 3.36. The van der Waals surface area contributed by atoms with Gasteiger partial charge >= 0.3 is 0 Å². The van der Waals surface area contributed by atoms with Gasteiger partial charge in [-0.05, 0) is 24.7 Å². The Labute approximate surface area is 76.0 Å². The second-order valence-electron chi connectivity index (χ2n) is 3.08. The van der Waals surface area contributed by atoms with Gasteiger partial charge in [0, 0.05) is 10.5 Å². The summed E-state index contributed by atoms with van der Waals surface area (Å²) in [5.74, 6) is 5.36. The molecule has 60 valence electrons. The zero-order chi connectivity index (χ0) is 7.61. The van der Waals surface area contributed by atoms with Crippen molar-refractivity contribution < 1.29 is 0 Å². The highest BCUT2D eigenvalue weighted by Gasteiger charge is 2.51. The Morgan fingerprint density at radius 3 is 2.80 bits per heavy atom. The van der Waals surface area contributed by atoms with E-state index in [0.717, 1.165) is 0 Å². The minimum absolute atomic E-state index is 0.565. The van der Waals surface area contributed by atoms with Crippen molar-refractivity contribution >= 4 is 22.6 Å². The Balaban J connectivity index is 2.34. The first-order chi connectivity index (χ1) is 4.79. The lowest BCUT2D eigenvalue weighted by molar-refractivity contribution is 0.433. The Bertz CT molecular complexity index is 118. The van der Waals surface area contributed by atoms with Crippen LogP contribution in [0.5, 0.6) is 0 Å². The first kappa shape index (κ1) is 8.74. The predicted molar refractivity (Wildman–Crippen MR) is 52.0 cm³/mol. The monoisotopic (exact) mass is 254 g/mol. The molecule has 1 unspecified atom stereocenters. The van der Waals surface area contributed by atoms with Gasteiger partial charge in [0.25, 0.3) is 0 Å². The van der Waals surface area contributed by atoms with Crippen molar-refractivity contribution in [1.29, 1.82) is 0 Å². The van der Waals surface area contributed by atoms with Crippen molar-refractivity contribution in [3.8, 4) is 0 Å². The summed E-state index contributed by atoms with van der Waals surface area (Å²) in [6.07, 6.45) is 3.87. The summed E-state index contributed by atoms with van der Waals surface area (Å²) < 4.78 is 1.25. The van der Waals surface area contributed by atoms with E-state index in [2.05, 4.69) is 34.9 Å². The number of alkyl halides is 1. The fraction of sp³-hybridized carbons (Fsp3) is 1.00. The number of halogens is 1. The maximum atomic E-state index is 5.36. The van der Waals surface area contributed by atoms with Crippen molar-refractivity contribution in [2.75, 3.05) is 4.43 Å². The third-order valence-corrected chi connectivity index (χ3v) is 3.23. The molecule has 0 aromatic rings. The van der Waals surface area contributed by atoms with E-state index >= 15 is 0 Å². The van der Waals surface area contributed by atoms with Crippen molar-refractivity contribution in [1.82, 2.24) is 5.43 Å². The molecule has 0 spiro atoms. The van der Waals surface area contributed by atoms with Crippen LogP contribution in [-0.4, -0.2) is 10.5 Å². The molecule has 1 rings (SSSR count). The summed E-state index contributed by atoms with van der Waals surface area (Å²) in [7, 11) is 0. The van der Waals surface area contributed by atoms with E-state index in [1.54, 1.807) is 0 Å². The highest BCUT2D eigenvalue weighted by atomic mass is 127. The maximum Gasteiger partial charge on any atom is 0.0273 e. The van der Waals surface area contributed by atoms with Crippen LogP contribution in [0.2, 0.25) is 0 Å². The molecule has 1 aliphatic rings. The Morgan fingerprint density at radius 1 is 1.80 bits per heavy atom. The van der Waals surface area contributed by atoms with Gasteiger partial charge in [0.15, 0.2) is 0 Å². The highest BCUT2D eigenvalue weighted by Crippen LogP contribution is 2.51. The average molecular weight is 254 g/mol. The maximum absolute atomic E-state index is 5.36. The minimum atomic E-state index is 0.565. The zero-order valence-corrected chi connectivity index (χ0v) is 8.52. The van der Waals surface area contributed by atoms with Crippen LogP contribution in [0, 0.1) is 5.41 Å². The normalized spacial score (nSPS) is 38.1. The summed E-state index contributed by atoms with van der Waals surface area (Å²) >= 11 is 2.43. The van der Waals surface area contributed by atoms with Crippen LogP contribution in [0.1, 0.15) is 26.2 Å². The topological polar surface area (TPSA) is 38.0 Å². The molecule has 1 fully saturated rings. The summed E-state index contributed by atoms with van der Waals surface area (Å²) in [5, 5.41) is 0. The molecule has 0 bridgehead atoms. The first-order valence-electron chi connectivity index (χ1n) is 3.81. The summed E-state index contributed by atoms with van der Waals surface area (Å²) in [6, 6.07) is 0.604. The van der Waals surface area contributed by atoms with E-state index in [4.69, 9.17) is 5.84 Å². The van der Waals surface area contributed by atoms with Crippen molar-refractivity contribution in [2.24, 2.45) is 11.3 Å². The molecule has 1 aliphatic carbocycles. The molecule has 0 aromatic heterocycles. The van der Waals surface area contributed by atoms with Crippen molar-refractivity contribution in [3.05, 3.63) is 0 Å². The fourth-order valence-electron chi connectivity index (χ4n) is 1.62. The van der Waals surface area contributed by atoms with Gasteiger partial charge in [-0.1, -0.05) is 29.5 Å². The molecule has 0 amide bonds. The van der Waals surface area contributed by atoms with E-state index in [-0.39, 0.29) is 0 Å². The van der Waals surface area contributed by atoms with Crippen LogP contribution in [0.3, 0.4) is 0 Å². The lowest BCUT2D eigenvalue weighted by Gasteiger charge is -2.11. The summed E-state index contributed by atoms with van der Waals surface area (Å²) in [6.45, 7) is 2.25. The Kier molecular flexibility index (Phi) is 2.94. The smallest absolute Gasteiger partial charge is 0.0273 e. The number of nitrogens with one attached hydrogen (secondary N) is 1. The molecule has 0 aliphatic heterocycles. The van der Waals surface area contributed by atoms with Gasteiger partial charge in [0.2, 0.25) is 0 Å². The van der Waals surface area contributed by atoms with E-state index in [0.29, 0.717) is 11.5 Å². The van der Waals surface area contributed by atoms with Crippen LogP contribution in [0.25, 0.3) is 0 Å². The molecule has 0 radical (unpaired) electrons. The minimum Gasteiger partial charge on any atom is -0.271 e. The van der Waals surface area contributed by atoms with Gasteiger partial charge in [0.05, 0.1) is 0 Å². The third-order valence-electron chi connectivity index (χ3n) is 2.69. The molecule has 1 saturated carbocycles. The molecule has 2 atom stereocenters. The quantitative estimate of drug-likeness (QED) is 0.345. The SMILES string of the molecule is CC[C@@]1(CCI)CC1NN. The van der Waals surface area contributed by atoms with Crippen LogP contribution in [0.4, 0.5) is 0 Å². The fourth-order valence-corrected chi connectivity index (χ4v) is 2.69. The lowest BCUT2D eigenvalue weighted by atomic mass is 10.00. The summed E-state index contributed by atoms with van der Waals surface area (Å²) in [5.41, 5.74) is 3.43. The van der Waals surface area contributed by atoms with Gasteiger partial charge < -0.3 is 0 Å². The lowest BCUT2D eigenvalue weighted by Crippen LogP contribution is -2.29. The number of rotatable bonds is 4. The van der Waals surface area contributed by atoms with Crippen LogP contribution >= 0.6 is 22.6 Å². The van der Waals surface area contributed by atoms with Crippen LogP contribution in [0.15, 0.2) is 0 Å². The molecule has 0 heterocycles. The molecular weight excluding hydrogens is 239 g/mol. The van der Waals surface area contributed by atoms with Gasteiger partial charge in [-0.15, -0.1) is 0 Å². The molecule has 0 aromatic carbocycles. The van der Waals surface area contributed by atoms with E-state index in [1.807, 2.05) is 0 Å². The van der Waals surface area contributed by atoms with E-state index < -0.39 is 0 Å². The summed E-state index contributed by atoms with van der Waals surface area (Å²) in [4.78, 5) is 0. The highest BCUT2D eigenvalue weighted by molar-refractivity contribution is 14.1. The molecule has 3 N–H and O–H groups in total. The van der Waals surface area contributed by atoms with Gasteiger partial charge in [-0.25, -0.2) is 0 Å². The molecule has 2 nitrogen and oxygen atoms in total. The zero-order valence-electron chi connectivity index (χ0n) is 6.36. The third kappa shape index (κ3) is 1.46. The molecular formula is C7H15IN2. The number of hydrogen-bond donors (Lipinski definition) is 2. The standard InChI is InChI=1S/C7H15IN2/c1-2-7(3-4-8)5-6(7)10-9/h6,10H,2-5,9H2,1H3/t6?,7-/m1/s1. The Morgan fingerprint density at radius 2 is 2.50 bits per heavy atom. The van der Waals surface area contributed by atoms with Crippen LogP contribution < -0.4 is 11.3 Å². The molecule has 0 saturated heterocycles. The molecule has 10 heavy (non-hydrogen) atoms. The second-order valence-corrected chi connectivity index (χ2v) is 4.16. The van der Waals surface area contributed by atoms with Gasteiger partial charge in [-0.2, -0.15) is 0 Å².